The highest BCUT2D eigenvalue weighted by Crippen LogP contribution is 2.60. The Kier molecular flexibility index (Phi) is 4.93. The molecule has 0 bridgehead atoms. The van der Waals surface area contributed by atoms with Crippen molar-refractivity contribution in [2.45, 2.75) is 0 Å². The average molecular weight is 326 g/mol. The lowest BCUT2D eigenvalue weighted by Crippen LogP contribution is -2.06. The zero-order valence-electron chi connectivity index (χ0n) is 10.9. The monoisotopic (exact) mass is 325 g/mol. The molecule has 0 amide bonds. The van der Waals surface area contributed by atoms with Gasteiger partial charge in [-0.15, -0.1) is 0 Å². The fourth-order valence-corrected chi connectivity index (χ4v) is 2.62. The van der Waals surface area contributed by atoms with Crippen molar-refractivity contribution in [3.63, 3.8) is 0 Å². The van der Waals surface area contributed by atoms with Gasteiger partial charge in [0.15, 0.2) is 0 Å². The van der Waals surface area contributed by atoms with Crippen LogP contribution in [0, 0.1) is 0 Å². The molecule has 0 heterocycles. The second kappa shape index (κ2) is 6.49. The van der Waals surface area contributed by atoms with Gasteiger partial charge in [0, 0.05) is 12.7 Å². The predicted molar refractivity (Wildman–Crippen MR) is 89.5 cm³/mol. The maximum Gasteiger partial charge on any atom is 0.345 e. The molecule has 0 fully saturated rings. The molecule has 2 aromatic rings. The lowest BCUT2D eigenvalue weighted by Gasteiger charge is -2.19. The van der Waals surface area contributed by atoms with Gasteiger partial charge in [0.2, 0.25) is 0 Å². The molecule has 0 spiro atoms. The van der Waals surface area contributed by atoms with Crippen LogP contribution in [0.3, 0.4) is 0 Å². The van der Waals surface area contributed by atoms with Crippen LogP contribution in [0.5, 0.6) is 0 Å². The van der Waals surface area contributed by atoms with E-state index in [2.05, 4.69) is 0 Å². The van der Waals surface area contributed by atoms with Gasteiger partial charge in [-0.1, -0.05) is 54.6 Å². The molecule has 2 nitrogen and oxygen atoms in total. The Balaban J connectivity index is 2.13. The predicted octanol–water partition coefficient (Wildman–Crippen LogP) is 5.88. The molecule has 0 aromatic heterocycles. The van der Waals surface area contributed by atoms with Gasteiger partial charge >= 0.3 is 6.00 Å². The van der Waals surface area contributed by atoms with Crippen LogP contribution >= 0.6 is 28.5 Å². The largest absolute Gasteiger partial charge is 0.345 e. The van der Waals surface area contributed by atoms with Crippen molar-refractivity contribution >= 4 is 46.3 Å². The number of anilines is 1. The second-order valence-electron chi connectivity index (χ2n) is 4.29. The zero-order chi connectivity index (χ0) is 14.6. The summed E-state index contributed by atoms with van der Waals surface area (Å²) in [6, 6.07) is 17.6. The van der Waals surface area contributed by atoms with Crippen LogP contribution in [-0.4, -0.2) is 7.05 Å². The zero-order valence-corrected chi connectivity index (χ0v) is 13.3. The molecule has 0 radical (unpaired) electrons. The van der Waals surface area contributed by atoms with Crippen molar-refractivity contribution in [1.82, 2.24) is 0 Å². The SMILES string of the molecule is CN(c1ccc(/C=C/c2ccccc2)cc1)P(=O)(Cl)Cl. The van der Waals surface area contributed by atoms with Gasteiger partial charge in [-0.05, 0) is 45.7 Å². The van der Waals surface area contributed by atoms with E-state index in [4.69, 9.17) is 22.5 Å². The Morgan fingerprint density at radius 2 is 1.40 bits per heavy atom. The minimum Gasteiger partial charge on any atom is -0.302 e. The van der Waals surface area contributed by atoms with Crippen LogP contribution in [0.1, 0.15) is 11.1 Å². The minimum absolute atomic E-state index is 0.718. The van der Waals surface area contributed by atoms with Crippen molar-refractivity contribution in [3.8, 4) is 0 Å². The molecule has 0 saturated carbocycles. The van der Waals surface area contributed by atoms with Crippen LogP contribution in [0.2, 0.25) is 0 Å². The highest BCUT2D eigenvalue weighted by Gasteiger charge is 2.21. The van der Waals surface area contributed by atoms with E-state index in [1.807, 2.05) is 66.7 Å². The Hall–Kier alpha value is -1.21. The van der Waals surface area contributed by atoms with Crippen LogP contribution in [0.4, 0.5) is 5.69 Å². The third-order valence-corrected chi connectivity index (χ3v) is 5.17. The summed E-state index contributed by atoms with van der Waals surface area (Å²) < 4.78 is 12.9. The molecule has 0 saturated heterocycles. The van der Waals surface area contributed by atoms with E-state index < -0.39 is 6.00 Å². The molecule has 20 heavy (non-hydrogen) atoms. The van der Waals surface area contributed by atoms with Gasteiger partial charge in [0.05, 0.1) is 0 Å². The summed E-state index contributed by atoms with van der Waals surface area (Å²) in [6.45, 7) is 0. The molecule has 104 valence electrons. The third-order valence-electron chi connectivity index (χ3n) is 2.88. The topological polar surface area (TPSA) is 20.3 Å². The summed E-state index contributed by atoms with van der Waals surface area (Å²) in [5.74, 6) is -3.30. The lowest BCUT2D eigenvalue weighted by molar-refractivity contribution is 0.591. The van der Waals surface area contributed by atoms with Crippen molar-refractivity contribution in [2.24, 2.45) is 0 Å². The van der Waals surface area contributed by atoms with E-state index in [9.17, 15) is 4.57 Å². The summed E-state index contributed by atoms with van der Waals surface area (Å²) >= 11 is 11.3. The number of hydrogen-bond donors (Lipinski definition) is 0. The van der Waals surface area contributed by atoms with Gasteiger partial charge in [-0.3, -0.25) is 4.57 Å². The molecule has 0 atom stereocenters. The Bertz CT molecular complexity index is 635. The maximum atomic E-state index is 11.6. The molecule has 0 aliphatic rings. The average Bonchev–Trinajstić information content (AvgIpc) is 2.45. The standard InChI is InChI=1S/C15H14Cl2NOP/c1-18(20(16,17)19)15-11-9-14(10-12-15)8-7-13-5-3-2-4-6-13/h2-12H,1H3/b8-7+. The fourth-order valence-electron chi connectivity index (χ4n) is 1.69. The van der Waals surface area contributed by atoms with Crippen molar-refractivity contribution in [3.05, 3.63) is 65.7 Å². The van der Waals surface area contributed by atoms with Crippen molar-refractivity contribution in [1.29, 1.82) is 0 Å². The summed E-state index contributed by atoms with van der Waals surface area (Å²) in [5, 5.41) is 0. The number of benzene rings is 2. The third kappa shape index (κ3) is 4.14. The summed E-state index contributed by atoms with van der Waals surface area (Å²) in [5.41, 5.74) is 2.90. The van der Waals surface area contributed by atoms with Gasteiger partial charge < -0.3 is 4.67 Å². The minimum atomic E-state index is -3.30. The molecular weight excluding hydrogens is 312 g/mol. The van der Waals surface area contributed by atoms with Crippen LogP contribution in [0.25, 0.3) is 12.2 Å². The van der Waals surface area contributed by atoms with E-state index in [0.29, 0.717) is 0 Å². The quantitative estimate of drug-likeness (QED) is 0.516. The molecule has 0 unspecified atom stereocenters. The van der Waals surface area contributed by atoms with Gasteiger partial charge in [0.25, 0.3) is 0 Å². The van der Waals surface area contributed by atoms with E-state index in [1.54, 1.807) is 7.05 Å². The first kappa shape index (κ1) is 15.2. The molecule has 0 aliphatic carbocycles. The van der Waals surface area contributed by atoms with Gasteiger partial charge in [-0.2, -0.15) is 0 Å². The molecule has 0 N–H and O–H groups in total. The first-order valence-corrected chi connectivity index (χ1v) is 9.50. The smallest absolute Gasteiger partial charge is 0.302 e. The summed E-state index contributed by atoms with van der Waals surface area (Å²) in [4.78, 5) is 0. The Morgan fingerprint density at radius 1 is 0.900 bits per heavy atom. The van der Waals surface area contributed by atoms with Crippen LogP contribution in [0.15, 0.2) is 54.6 Å². The fraction of sp³-hybridized carbons (Fsp3) is 0.0667. The normalized spacial score (nSPS) is 11.8. The van der Waals surface area contributed by atoms with E-state index in [-0.39, 0.29) is 0 Å². The van der Waals surface area contributed by atoms with E-state index >= 15 is 0 Å². The second-order valence-corrected chi connectivity index (χ2v) is 9.03. The van der Waals surface area contributed by atoms with Crippen molar-refractivity contribution < 1.29 is 4.57 Å². The van der Waals surface area contributed by atoms with Gasteiger partial charge in [0.1, 0.15) is 0 Å². The summed E-state index contributed by atoms with van der Waals surface area (Å²) in [6.07, 6.45) is 4.05. The van der Waals surface area contributed by atoms with E-state index in [1.165, 1.54) is 4.67 Å². The molecule has 5 heteroatoms. The van der Waals surface area contributed by atoms with E-state index in [0.717, 1.165) is 16.8 Å². The molecular formula is C15H14Cl2NOP. The number of rotatable bonds is 4. The van der Waals surface area contributed by atoms with Gasteiger partial charge in [-0.25, -0.2) is 0 Å². The highest BCUT2D eigenvalue weighted by molar-refractivity contribution is 8.09. The summed E-state index contributed by atoms with van der Waals surface area (Å²) in [7, 11) is 1.61. The first-order valence-electron chi connectivity index (χ1n) is 6.03. The molecule has 2 aromatic carbocycles. The number of halogens is 2. The Labute approximate surface area is 128 Å². The highest BCUT2D eigenvalue weighted by atomic mass is 35.9. The number of hydrogen-bond acceptors (Lipinski definition) is 1. The maximum absolute atomic E-state index is 11.6. The van der Waals surface area contributed by atoms with Crippen LogP contribution in [-0.2, 0) is 4.57 Å². The number of nitrogens with zero attached hydrogens (tertiary/aromatic N) is 1. The molecule has 0 aliphatic heterocycles. The first-order chi connectivity index (χ1) is 9.47. The molecule has 2 rings (SSSR count). The van der Waals surface area contributed by atoms with Crippen LogP contribution < -0.4 is 4.67 Å². The lowest BCUT2D eigenvalue weighted by atomic mass is 10.1. The Morgan fingerprint density at radius 3 is 1.90 bits per heavy atom. The van der Waals surface area contributed by atoms with Crippen molar-refractivity contribution in [2.75, 3.05) is 11.7 Å².